The molecular formula is C14H20N4S. The van der Waals surface area contributed by atoms with Gasteiger partial charge in [0.1, 0.15) is 5.03 Å². The number of nitrogens with one attached hydrogen (secondary N) is 1. The summed E-state index contributed by atoms with van der Waals surface area (Å²) in [6.45, 7) is 6.33. The molecule has 0 aliphatic rings. The van der Waals surface area contributed by atoms with E-state index >= 15 is 0 Å². The van der Waals surface area contributed by atoms with Crippen LogP contribution in [0.4, 0.5) is 0 Å². The molecular weight excluding hydrogens is 256 g/mol. The highest BCUT2D eigenvalue weighted by Gasteiger charge is 2.01. The van der Waals surface area contributed by atoms with Gasteiger partial charge in [0.15, 0.2) is 0 Å². The highest BCUT2D eigenvalue weighted by atomic mass is 32.2. The summed E-state index contributed by atoms with van der Waals surface area (Å²) >= 11 is 1.63. The van der Waals surface area contributed by atoms with E-state index in [0.29, 0.717) is 5.92 Å². The summed E-state index contributed by atoms with van der Waals surface area (Å²) in [5, 5.41) is 8.56. The molecule has 2 rings (SSSR count). The van der Waals surface area contributed by atoms with Crippen LogP contribution in [0.15, 0.2) is 40.6 Å². The summed E-state index contributed by atoms with van der Waals surface area (Å²) in [7, 11) is 1.92. The normalized spacial score (nSPS) is 11.2. The van der Waals surface area contributed by atoms with Gasteiger partial charge in [0, 0.05) is 26.0 Å². The summed E-state index contributed by atoms with van der Waals surface area (Å²) in [6, 6.07) is 4.18. The lowest BCUT2D eigenvalue weighted by Gasteiger charge is -2.07. The van der Waals surface area contributed by atoms with E-state index in [1.54, 1.807) is 16.4 Å². The van der Waals surface area contributed by atoms with Gasteiger partial charge in [-0.25, -0.2) is 4.98 Å². The topological polar surface area (TPSA) is 42.7 Å². The van der Waals surface area contributed by atoms with Crippen LogP contribution in [-0.4, -0.2) is 21.3 Å². The van der Waals surface area contributed by atoms with E-state index in [-0.39, 0.29) is 0 Å². The van der Waals surface area contributed by atoms with Crippen LogP contribution in [0, 0.1) is 5.92 Å². The molecule has 0 aliphatic carbocycles. The first kappa shape index (κ1) is 14.1. The molecule has 0 atom stereocenters. The van der Waals surface area contributed by atoms with E-state index in [1.807, 2.05) is 25.6 Å². The Morgan fingerprint density at radius 1 is 1.32 bits per heavy atom. The Balaban J connectivity index is 1.87. The average molecular weight is 276 g/mol. The third-order valence-electron chi connectivity index (χ3n) is 2.58. The average Bonchev–Trinajstić information content (AvgIpc) is 2.77. The lowest BCUT2D eigenvalue weighted by Crippen LogP contribution is -2.18. The second kappa shape index (κ2) is 6.73. The fourth-order valence-electron chi connectivity index (χ4n) is 1.65. The van der Waals surface area contributed by atoms with Crippen LogP contribution < -0.4 is 5.32 Å². The molecule has 2 aromatic rings. The maximum Gasteiger partial charge on any atom is 0.101 e. The molecule has 0 saturated carbocycles. The number of hydrogen-bond donors (Lipinski definition) is 1. The second-order valence-corrected chi connectivity index (χ2v) is 6.08. The van der Waals surface area contributed by atoms with Crippen molar-refractivity contribution in [1.82, 2.24) is 20.1 Å². The molecule has 0 aromatic carbocycles. The molecule has 0 fully saturated rings. The van der Waals surface area contributed by atoms with Crippen LogP contribution in [0.3, 0.4) is 0 Å². The molecule has 102 valence electrons. The highest BCUT2D eigenvalue weighted by Crippen LogP contribution is 2.24. The Hall–Kier alpha value is -1.33. The van der Waals surface area contributed by atoms with Crippen molar-refractivity contribution < 1.29 is 0 Å². The zero-order valence-electron chi connectivity index (χ0n) is 11.6. The predicted molar refractivity (Wildman–Crippen MR) is 78.1 cm³/mol. The fraction of sp³-hybridized carbons (Fsp3) is 0.429. The molecule has 1 N–H and O–H groups in total. The molecule has 0 saturated heterocycles. The van der Waals surface area contributed by atoms with Gasteiger partial charge in [0.05, 0.1) is 11.1 Å². The minimum atomic E-state index is 0.674. The van der Waals surface area contributed by atoms with E-state index in [1.165, 1.54) is 5.56 Å². The van der Waals surface area contributed by atoms with Crippen LogP contribution in [0.5, 0.6) is 0 Å². The minimum absolute atomic E-state index is 0.674. The van der Waals surface area contributed by atoms with Gasteiger partial charge in [-0.05, 0) is 24.1 Å². The van der Waals surface area contributed by atoms with Gasteiger partial charge >= 0.3 is 0 Å². The largest absolute Gasteiger partial charge is 0.312 e. The smallest absolute Gasteiger partial charge is 0.101 e. The number of pyridine rings is 1. The van der Waals surface area contributed by atoms with Gasteiger partial charge < -0.3 is 5.32 Å². The Morgan fingerprint density at radius 2 is 2.16 bits per heavy atom. The Bertz CT molecular complexity index is 504. The van der Waals surface area contributed by atoms with E-state index in [9.17, 15) is 0 Å². The molecule has 0 radical (unpaired) electrons. The molecule has 5 heteroatoms. The van der Waals surface area contributed by atoms with E-state index < -0.39 is 0 Å². The molecule has 4 nitrogen and oxygen atoms in total. The number of aromatic nitrogens is 3. The van der Waals surface area contributed by atoms with Crippen molar-refractivity contribution in [2.45, 2.75) is 30.3 Å². The number of rotatable bonds is 6. The van der Waals surface area contributed by atoms with Crippen LogP contribution in [0.2, 0.25) is 0 Å². The monoisotopic (exact) mass is 276 g/mol. The maximum absolute atomic E-state index is 4.47. The van der Waals surface area contributed by atoms with Crippen LogP contribution in [0.25, 0.3) is 0 Å². The molecule has 2 heterocycles. The number of nitrogens with zero attached hydrogens (tertiary/aromatic N) is 3. The first-order valence-corrected chi connectivity index (χ1v) is 7.27. The summed E-state index contributed by atoms with van der Waals surface area (Å²) < 4.78 is 1.80. The lowest BCUT2D eigenvalue weighted by atomic mass is 10.2. The van der Waals surface area contributed by atoms with E-state index in [0.717, 1.165) is 23.0 Å². The van der Waals surface area contributed by atoms with Gasteiger partial charge in [-0.2, -0.15) is 5.10 Å². The highest BCUT2D eigenvalue weighted by molar-refractivity contribution is 7.99. The Morgan fingerprint density at radius 3 is 2.74 bits per heavy atom. The van der Waals surface area contributed by atoms with Gasteiger partial charge in [0.25, 0.3) is 0 Å². The van der Waals surface area contributed by atoms with Crippen LogP contribution in [-0.2, 0) is 13.6 Å². The molecule has 19 heavy (non-hydrogen) atoms. The van der Waals surface area contributed by atoms with Gasteiger partial charge in [-0.3, -0.25) is 4.68 Å². The van der Waals surface area contributed by atoms with Gasteiger partial charge in [-0.15, -0.1) is 0 Å². The third kappa shape index (κ3) is 4.69. The van der Waals surface area contributed by atoms with Crippen molar-refractivity contribution in [2.24, 2.45) is 13.0 Å². The molecule has 0 aliphatic heterocycles. The summed E-state index contributed by atoms with van der Waals surface area (Å²) in [6.07, 6.45) is 5.78. The van der Waals surface area contributed by atoms with Crippen molar-refractivity contribution in [3.8, 4) is 0 Å². The summed E-state index contributed by atoms with van der Waals surface area (Å²) in [5.41, 5.74) is 1.22. The second-order valence-electron chi connectivity index (χ2n) is 4.98. The molecule has 0 amide bonds. The Labute approximate surface area is 118 Å². The third-order valence-corrected chi connectivity index (χ3v) is 3.48. The lowest BCUT2D eigenvalue weighted by molar-refractivity contribution is 0.551. The van der Waals surface area contributed by atoms with Crippen molar-refractivity contribution >= 4 is 11.8 Å². The zero-order chi connectivity index (χ0) is 13.7. The molecule has 2 aromatic heterocycles. The van der Waals surface area contributed by atoms with Crippen LogP contribution >= 0.6 is 11.8 Å². The Kier molecular flexibility index (Phi) is 4.99. The first-order valence-electron chi connectivity index (χ1n) is 6.45. The van der Waals surface area contributed by atoms with Gasteiger partial charge in [-0.1, -0.05) is 31.7 Å². The van der Waals surface area contributed by atoms with Crippen LogP contribution in [0.1, 0.15) is 19.4 Å². The van der Waals surface area contributed by atoms with E-state index in [4.69, 9.17) is 0 Å². The standard InChI is InChI=1S/C14H20N4S/c1-11(2)6-15-7-12-4-5-14(16-8-12)19-13-9-17-18(3)10-13/h4-5,8-11,15H,6-7H2,1-3H3. The first-order chi connectivity index (χ1) is 9.13. The van der Waals surface area contributed by atoms with Crippen molar-refractivity contribution in [3.05, 3.63) is 36.3 Å². The summed E-state index contributed by atoms with van der Waals surface area (Å²) in [5.74, 6) is 0.674. The quantitative estimate of drug-likeness (QED) is 0.881. The van der Waals surface area contributed by atoms with Gasteiger partial charge in [0.2, 0.25) is 0 Å². The minimum Gasteiger partial charge on any atom is -0.312 e. The maximum atomic E-state index is 4.47. The fourth-order valence-corrected chi connectivity index (χ4v) is 2.44. The number of aryl methyl sites for hydroxylation is 1. The van der Waals surface area contributed by atoms with Crippen molar-refractivity contribution in [2.75, 3.05) is 6.54 Å². The zero-order valence-corrected chi connectivity index (χ0v) is 12.4. The van der Waals surface area contributed by atoms with Crippen molar-refractivity contribution in [3.63, 3.8) is 0 Å². The summed E-state index contributed by atoms with van der Waals surface area (Å²) in [4.78, 5) is 5.58. The number of hydrogen-bond acceptors (Lipinski definition) is 4. The SMILES string of the molecule is CC(C)CNCc1ccc(Sc2cnn(C)c2)nc1. The molecule has 0 bridgehead atoms. The van der Waals surface area contributed by atoms with Crippen molar-refractivity contribution in [1.29, 1.82) is 0 Å². The molecule has 0 unspecified atom stereocenters. The molecule has 0 spiro atoms. The predicted octanol–water partition coefficient (Wildman–Crippen LogP) is 2.71. The van der Waals surface area contributed by atoms with E-state index in [2.05, 4.69) is 41.4 Å².